The highest BCUT2D eigenvalue weighted by atomic mass is 32.1. The third-order valence-electron chi connectivity index (χ3n) is 3.42. The maximum Gasteiger partial charge on any atom is 0.401 e. The molecule has 0 aliphatic carbocycles. The first kappa shape index (κ1) is 18.0. The van der Waals surface area contributed by atoms with Gasteiger partial charge >= 0.3 is 6.18 Å². The van der Waals surface area contributed by atoms with Gasteiger partial charge in [0.25, 0.3) is 0 Å². The number of alkyl halides is 3. The Hall–Kier alpha value is -1.35. The summed E-state index contributed by atoms with van der Waals surface area (Å²) < 4.78 is 37.3. The molecule has 1 aromatic rings. The van der Waals surface area contributed by atoms with E-state index in [2.05, 4.69) is 20.6 Å². The van der Waals surface area contributed by atoms with E-state index in [4.69, 9.17) is 0 Å². The van der Waals surface area contributed by atoms with Crippen molar-refractivity contribution in [3.05, 3.63) is 16.1 Å². The molecule has 9 heteroatoms. The SMILES string of the molecule is CCNC(=NCc1cnc(C)s1)NC1CCN(CC(F)(F)F)C1. The van der Waals surface area contributed by atoms with Crippen molar-refractivity contribution in [1.29, 1.82) is 0 Å². The highest BCUT2D eigenvalue weighted by molar-refractivity contribution is 7.11. The maximum atomic E-state index is 12.4. The Labute approximate surface area is 138 Å². The van der Waals surface area contributed by atoms with Gasteiger partial charge in [-0.15, -0.1) is 11.3 Å². The van der Waals surface area contributed by atoms with Crippen LogP contribution in [-0.2, 0) is 6.54 Å². The Morgan fingerprint density at radius 3 is 2.91 bits per heavy atom. The summed E-state index contributed by atoms with van der Waals surface area (Å²) in [5.41, 5.74) is 0. The van der Waals surface area contributed by atoms with Crippen molar-refractivity contribution in [2.45, 2.75) is 39.0 Å². The number of thiazole rings is 1. The molecule has 0 aromatic carbocycles. The minimum absolute atomic E-state index is 0.0154. The molecule has 1 unspecified atom stereocenters. The zero-order valence-electron chi connectivity index (χ0n) is 13.3. The third kappa shape index (κ3) is 6.34. The Balaban J connectivity index is 1.87. The molecule has 23 heavy (non-hydrogen) atoms. The van der Waals surface area contributed by atoms with Crippen LogP contribution in [0.15, 0.2) is 11.2 Å². The van der Waals surface area contributed by atoms with Crippen LogP contribution in [0.3, 0.4) is 0 Å². The van der Waals surface area contributed by atoms with E-state index in [0.29, 0.717) is 38.6 Å². The van der Waals surface area contributed by atoms with Gasteiger partial charge in [0.2, 0.25) is 0 Å². The predicted octanol–water partition coefficient (Wildman–Crippen LogP) is 2.14. The Kier molecular flexibility index (Phi) is 6.23. The number of aromatic nitrogens is 1. The van der Waals surface area contributed by atoms with Crippen LogP contribution in [0, 0.1) is 6.92 Å². The lowest BCUT2D eigenvalue weighted by atomic mass is 10.3. The number of hydrogen-bond donors (Lipinski definition) is 2. The van der Waals surface area contributed by atoms with Gasteiger partial charge in [-0.3, -0.25) is 4.90 Å². The highest BCUT2D eigenvalue weighted by Crippen LogP contribution is 2.20. The summed E-state index contributed by atoms with van der Waals surface area (Å²) in [6, 6.07) is -0.0154. The van der Waals surface area contributed by atoms with Gasteiger partial charge in [-0.2, -0.15) is 13.2 Å². The number of likely N-dealkylation sites (tertiary alicyclic amines) is 1. The van der Waals surface area contributed by atoms with E-state index in [0.717, 1.165) is 9.88 Å². The first-order chi connectivity index (χ1) is 10.9. The average molecular weight is 349 g/mol. The topological polar surface area (TPSA) is 52.6 Å². The molecule has 0 bridgehead atoms. The second-order valence-electron chi connectivity index (χ2n) is 5.52. The van der Waals surface area contributed by atoms with Crippen molar-refractivity contribution in [3.8, 4) is 0 Å². The number of aliphatic imine (C=N–C) groups is 1. The lowest BCUT2D eigenvalue weighted by molar-refractivity contribution is -0.143. The molecule has 1 aliphatic heterocycles. The monoisotopic (exact) mass is 349 g/mol. The molecule has 0 amide bonds. The van der Waals surface area contributed by atoms with E-state index >= 15 is 0 Å². The van der Waals surface area contributed by atoms with Gasteiger partial charge in [-0.25, -0.2) is 9.98 Å². The van der Waals surface area contributed by atoms with Crippen molar-refractivity contribution in [3.63, 3.8) is 0 Å². The molecule has 1 aliphatic rings. The fourth-order valence-corrected chi connectivity index (χ4v) is 3.22. The Morgan fingerprint density at radius 1 is 1.52 bits per heavy atom. The molecule has 2 N–H and O–H groups in total. The van der Waals surface area contributed by atoms with Crippen molar-refractivity contribution in [2.75, 3.05) is 26.2 Å². The lowest BCUT2D eigenvalue weighted by Gasteiger charge is -2.19. The largest absolute Gasteiger partial charge is 0.401 e. The predicted molar refractivity (Wildman–Crippen MR) is 85.7 cm³/mol. The van der Waals surface area contributed by atoms with Crippen LogP contribution in [0.25, 0.3) is 0 Å². The van der Waals surface area contributed by atoms with Crippen LogP contribution >= 0.6 is 11.3 Å². The molecule has 1 saturated heterocycles. The van der Waals surface area contributed by atoms with Gasteiger partial charge < -0.3 is 10.6 Å². The number of aryl methyl sites for hydroxylation is 1. The molecule has 2 rings (SSSR count). The van der Waals surface area contributed by atoms with E-state index in [1.165, 1.54) is 4.90 Å². The van der Waals surface area contributed by atoms with E-state index < -0.39 is 12.7 Å². The fraction of sp³-hybridized carbons (Fsp3) is 0.714. The van der Waals surface area contributed by atoms with Crippen molar-refractivity contribution < 1.29 is 13.2 Å². The van der Waals surface area contributed by atoms with Gasteiger partial charge in [-0.1, -0.05) is 0 Å². The van der Waals surface area contributed by atoms with Crippen LogP contribution in [-0.4, -0.2) is 54.2 Å². The van der Waals surface area contributed by atoms with Crippen molar-refractivity contribution in [1.82, 2.24) is 20.5 Å². The maximum absolute atomic E-state index is 12.4. The van der Waals surface area contributed by atoms with E-state index in [1.54, 1.807) is 17.5 Å². The summed E-state index contributed by atoms with van der Waals surface area (Å²) in [6.07, 6.45) is -1.66. The van der Waals surface area contributed by atoms with E-state index in [-0.39, 0.29) is 6.04 Å². The van der Waals surface area contributed by atoms with Gasteiger partial charge in [0.1, 0.15) is 0 Å². The van der Waals surface area contributed by atoms with Gasteiger partial charge in [0, 0.05) is 36.8 Å². The summed E-state index contributed by atoms with van der Waals surface area (Å²) in [4.78, 5) is 11.2. The highest BCUT2D eigenvalue weighted by Gasteiger charge is 2.34. The zero-order valence-corrected chi connectivity index (χ0v) is 14.1. The second-order valence-corrected chi connectivity index (χ2v) is 6.84. The smallest absolute Gasteiger partial charge is 0.357 e. The molecule has 5 nitrogen and oxygen atoms in total. The summed E-state index contributed by atoms with van der Waals surface area (Å²) in [6.45, 7) is 5.09. The molecule has 130 valence electrons. The number of halogens is 3. The Morgan fingerprint density at radius 2 is 2.30 bits per heavy atom. The summed E-state index contributed by atoms with van der Waals surface area (Å²) >= 11 is 1.59. The first-order valence-corrected chi connectivity index (χ1v) is 8.42. The molecule has 1 atom stereocenters. The number of guanidine groups is 1. The van der Waals surface area contributed by atoms with Crippen LogP contribution < -0.4 is 10.6 Å². The summed E-state index contributed by atoms with van der Waals surface area (Å²) in [5, 5.41) is 7.35. The average Bonchev–Trinajstić information content (AvgIpc) is 3.04. The standard InChI is InChI=1S/C14H22F3N5S/c1-3-18-13(20-7-12-6-19-10(2)23-12)21-11-4-5-22(8-11)9-14(15,16)17/h6,11H,3-5,7-9H2,1-2H3,(H2,18,20,21). The number of hydrogen-bond acceptors (Lipinski definition) is 4. The Bertz CT molecular complexity index is 529. The molecule has 0 saturated carbocycles. The molecule has 0 spiro atoms. The van der Waals surface area contributed by atoms with Gasteiger partial charge in [0.05, 0.1) is 18.1 Å². The van der Waals surface area contributed by atoms with E-state index in [1.807, 2.05) is 13.8 Å². The normalized spacial score (nSPS) is 20.0. The van der Waals surface area contributed by atoms with E-state index in [9.17, 15) is 13.2 Å². The molecule has 2 heterocycles. The molecule has 0 radical (unpaired) electrons. The zero-order chi connectivity index (χ0) is 16.9. The number of nitrogens with one attached hydrogen (secondary N) is 2. The van der Waals surface area contributed by atoms with Gasteiger partial charge in [-0.05, 0) is 20.3 Å². The van der Waals surface area contributed by atoms with Crippen LogP contribution in [0.2, 0.25) is 0 Å². The van der Waals surface area contributed by atoms with Crippen molar-refractivity contribution >= 4 is 17.3 Å². The van der Waals surface area contributed by atoms with Crippen LogP contribution in [0.4, 0.5) is 13.2 Å². The minimum Gasteiger partial charge on any atom is -0.357 e. The summed E-state index contributed by atoms with van der Waals surface area (Å²) in [5.74, 6) is 0.636. The number of rotatable bonds is 5. The number of nitrogens with zero attached hydrogens (tertiary/aromatic N) is 3. The summed E-state index contributed by atoms with van der Waals surface area (Å²) in [7, 11) is 0. The molecular weight excluding hydrogens is 327 g/mol. The minimum atomic E-state index is -4.14. The lowest BCUT2D eigenvalue weighted by Crippen LogP contribution is -2.45. The van der Waals surface area contributed by atoms with Crippen LogP contribution in [0.1, 0.15) is 23.2 Å². The van der Waals surface area contributed by atoms with Gasteiger partial charge in [0.15, 0.2) is 5.96 Å². The first-order valence-electron chi connectivity index (χ1n) is 7.61. The quantitative estimate of drug-likeness (QED) is 0.632. The fourth-order valence-electron chi connectivity index (χ4n) is 2.50. The molecule has 1 aromatic heterocycles. The second kappa shape index (κ2) is 7.96. The molecule has 1 fully saturated rings. The molecular formula is C14H22F3N5S. The third-order valence-corrected chi connectivity index (χ3v) is 4.32. The van der Waals surface area contributed by atoms with Crippen molar-refractivity contribution in [2.24, 2.45) is 4.99 Å². The van der Waals surface area contributed by atoms with Crippen LogP contribution in [0.5, 0.6) is 0 Å².